The van der Waals surface area contributed by atoms with Crippen LogP contribution < -0.4 is 0 Å². The van der Waals surface area contributed by atoms with Crippen LogP contribution in [0, 0.1) is 5.82 Å². The molecule has 0 bridgehead atoms. The lowest BCUT2D eigenvalue weighted by molar-refractivity contribution is 0.617. The van der Waals surface area contributed by atoms with Crippen LogP contribution >= 0.6 is 31.9 Å². The second kappa shape index (κ2) is 5.02. The lowest BCUT2D eigenvalue weighted by Gasteiger charge is -2.23. The quantitative estimate of drug-likeness (QED) is 0.591. The first-order valence-corrected chi connectivity index (χ1v) is 7.99. The molecule has 0 saturated heterocycles. The van der Waals surface area contributed by atoms with E-state index in [2.05, 4.69) is 56.1 Å². The molecule has 3 rings (SSSR count). The largest absolute Gasteiger partial charge is 0.206 e. The first-order chi connectivity index (χ1) is 9.13. The molecule has 1 fully saturated rings. The van der Waals surface area contributed by atoms with Gasteiger partial charge in [0, 0.05) is 10.2 Å². The van der Waals surface area contributed by atoms with Crippen LogP contribution in [-0.2, 0) is 5.41 Å². The molecule has 3 heteroatoms. The van der Waals surface area contributed by atoms with Crippen molar-refractivity contribution in [3.05, 3.63) is 69.9 Å². The maximum atomic E-state index is 13.3. The standard InChI is InChI=1S/C16H13Br2F/c17-13-10-11(6-7-14(13)19)15(18)16(8-9-16)12-4-2-1-3-5-12/h1-7,10,15H,8-9H2. The van der Waals surface area contributed by atoms with Gasteiger partial charge in [0.1, 0.15) is 5.82 Å². The van der Waals surface area contributed by atoms with Crippen LogP contribution in [0.2, 0.25) is 0 Å². The number of halogens is 3. The van der Waals surface area contributed by atoms with Crippen LogP contribution in [0.3, 0.4) is 0 Å². The Bertz CT molecular complexity index is 591. The van der Waals surface area contributed by atoms with Crippen LogP contribution in [0.25, 0.3) is 0 Å². The van der Waals surface area contributed by atoms with E-state index in [0.717, 1.165) is 5.56 Å². The highest BCUT2D eigenvalue weighted by Crippen LogP contribution is 2.60. The summed E-state index contributed by atoms with van der Waals surface area (Å²) >= 11 is 7.08. The van der Waals surface area contributed by atoms with Gasteiger partial charge in [0.15, 0.2) is 0 Å². The molecule has 19 heavy (non-hydrogen) atoms. The molecule has 1 aliphatic rings. The summed E-state index contributed by atoms with van der Waals surface area (Å²) in [5.74, 6) is -0.215. The van der Waals surface area contributed by atoms with E-state index in [0.29, 0.717) is 4.47 Å². The molecule has 1 saturated carbocycles. The summed E-state index contributed by atoms with van der Waals surface area (Å²) in [6, 6.07) is 15.8. The zero-order valence-corrected chi connectivity index (χ0v) is 13.4. The van der Waals surface area contributed by atoms with E-state index >= 15 is 0 Å². The lowest BCUT2D eigenvalue weighted by Crippen LogP contribution is -2.13. The second-order valence-corrected chi connectivity index (χ2v) is 6.83. The number of rotatable bonds is 3. The minimum Gasteiger partial charge on any atom is -0.206 e. The molecule has 0 N–H and O–H groups in total. The molecule has 2 aromatic carbocycles. The Kier molecular flexibility index (Phi) is 3.52. The van der Waals surface area contributed by atoms with Gasteiger partial charge in [-0.05, 0) is 52.0 Å². The highest BCUT2D eigenvalue weighted by atomic mass is 79.9. The Balaban J connectivity index is 1.96. The van der Waals surface area contributed by atoms with Crippen LogP contribution in [0.4, 0.5) is 4.39 Å². The number of hydrogen-bond donors (Lipinski definition) is 0. The van der Waals surface area contributed by atoms with Gasteiger partial charge in [-0.25, -0.2) is 4.39 Å². The van der Waals surface area contributed by atoms with E-state index in [9.17, 15) is 4.39 Å². The van der Waals surface area contributed by atoms with Crippen molar-refractivity contribution in [1.29, 1.82) is 0 Å². The third kappa shape index (κ3) is 2.38. The van der Waals surface area contributed by atoms with Crippen molar-refractivity contribution in [3.8, 4) is 0 Å². The Labute approximate surface area is 129 Å². The van der Waals surface area contributed by atoms with Crippen molar-refractivity contribution in [2.45, 2.75) is 23.1 Å². The molecule has 2 aromatic rings. The molecule has 98 valence electrons. The SMILES string of the molecule is Fc1ccc(C(Br)C2(c3ccccc3)CC2)cc1Br. The Morgan fingerprint density at radius 2 is 1.74 bits per heavy atom. The monoisotopic (exact) mass is 382 g/mol. The maximum absolute atomic E-state index is 13.3. The second-order valence-electron chi connectivity index (χ2n) is 5.06. The first-order valence-electron chi connectivity index (χ1n) is 6.28. The molecule has 0 heterocycles. The van der Waals surface area contributed by atoms with E-state index in [1.165, 1.54) is 24.5 Å². The van der Waals surface area contributed by atoms with E-state index in [4.69, 9.17) is 0 Å². The summed E-state index contributed by atoms with van der Waals surface area (Å²) in [6.45, 7) is 0. The summed E-state index contributed by atoms with van der Waals surface area (Å²) in [6.07, 6.45) is 2.34. The van der Waals surface area contributed by atoms with Gasteiger partial charge in [-0.1, -0.05) is 52.3 Å². The fraction of sp³-hybridized carbons (Fsp3) is 0.250. The summed E-state index contributed by atoms with van der Waals surface area (Å²) < 4.78 is 13.9. The molecular weight excluding hydrogens is 371 g/mol. The predicted molar refractivity (Wildman–Crippen MR) is 83.1 cm³/mol. The molecule has 0 spiro atoms. The molecule has 1 atom stereocenters. The van der Waals surface area contributed by atoms with Crippen molar-refractivity contribution >= 4 is 31.9 Å². The van der Waals surface area contributed by atoms with Crippen LogP contribution in [0.5, 0.6) is 0 Å². The molecule has 0 radical (unpaired) electrons. The highest BCUT2D eigenvalue weighted by molar-refractivity contribution is 9.10. The van der Waals surface area contributed by atoms with Gasteiger partial charge >= 0.3 is 0 Å². The molecular formula is C16H13Br2F. The van der Waals surface area contributed by atoms with Gasteiger partial charge in [-0.3, -0.25) is 0 Å². The van der Waals surface area contributed by atoms with Crippen molar-refractivity contribution in [1.82, 2.24) is 0 Å². The topological polar surface area (TPSA) is 0 Å². The van der Waals surface area contributed by atoms with E-state index < -0.39 is 0 Å². The molecule has 0 aliphatic heterocycles. The van der Waals surface area contributed by atoms with Crippen LogP contribution in [-0.4, -0.2) is 0 Å². The minimum atomic E-state index is -0.215. The summed E-state index contributed by atoms with van der Waals surface area (Å²) in [5, 5.41) is 0. The van der Waals surface area contributed by atoms with Gasteiger partial charge < -0.3 is 0 Å². The molecule has 0 aromatic heterocycles. The molecule has 1 aliphatic carbocycles. The lowest BCUT2D eigenvalue weighted by atomic mass is 9.89. The summed E-state index contributed by atoms with van der Waals surface area (Å²) in [7, 11) is 0. The summed E-state index contributed by atoms with van der Waals surface area (Å²) in [4.78, 5) is 0.222. The first kappa shape index (κ1) is 13.3. The van der Waals surface area contributed by atoms with Gasteiger partial charge in [0.25, 0.3) is 0 Å². The van der Waals surface area contributed by atoms with E-state index in [1.807, 2.05) is 18.2 Å². The normalized spacial score (nSPS) is 18.1. The number of hydrogen-bond acceptors (Lipinski definition) is 0. The number of alkyl halides is 1. The average molecular weight is 384 g/mol. The average Bonchev–Trinajstić information content (AvgIpc) is 3.24. The Hall–Kier alpha value is -0.670. The maximum Gasteiger partial charge on any atom is 0.137 e. The van der Waals surface area contributed by atoms with Gasteiger partial charge in [-0.2, -0.15) is 0 Å². The van der Waals surface area contributed by atoms with Crippen molar-refractivity contribution in [3.63, 3.8) is 0 Å². The Morgan fingerprint density at radius 3 is 2.32 bits per heavy atom. The van der Waals surface area contributed by atoms with Gasteiger partial charge in [0.05, 0.1) is 4.47 Å². The molecule has 0 amide bonds. The highest BCUT2D eigenvalue weighted by Gasteiger charge is 2.50. The zero-order valence-electron chi connectivity index (χ0n) is 10.2. The van der Waals surface area contributed by atoms with Crippen molar-refractivity contribution in [2.75, 3.05) is 0 Å². The molecule has 0 nitrogen and oxygen atoms in total. The Morgan fingerprint density at radius 1 is 1.05 bits per heavy atom. The van der Waals surface area contributed by atoms with Crippen LogP contribution in [0.15, 0.2) is 53.0 Å². The predicted octanol–water partition coefficient (Wildman–Crippen LogP) is 5.76. The number of benzene rings is 2. The van der Waals surface area contributed by atoms with Crippen LogP contribution in [0.1, 0.15) is 28.8 Å². The van der Waals surface area contributed by atoms with E-state index in [-0.39, 0.29) is 16.1 Å². The van der Waals surface area contributed by atoms with Crippen molar-refractivity contribution in [2.24, 2.45) is 0 Å². The fourth-order valence-electron chi connectivity index (χ4n) is 2.58. The zero-order chi connectivity index (χ0) is 13.5. The van der Waals surface area contributed by atoms with Crippen molar-refractivity contribution < 1.29 is 4.39 Å². The van der Waals surface area contributed by atoms with E-state index in [1.54, 1.807) is 0 Å². The molecule has 1 unspecified atom stereocenters. The van der Waals surface area contributed by atoms with Gasteiger partial charge in [0.2, 0.25) is 0 Å². The fourth-order valence-corrected chi connectivity index (χ4v) is 3.99. The van der Waals surface area contributed by atoms with Gasteiger partial charge in [-0.15, -0.1) is 0 Å². The summed E-state index contributed by atoms with van der Waals surface area (Å²) in [5.41, 5.74) is 2.64. The third-order valence-electron chi connectivity index (χ3n) is 3.86. The third-order valence-corrected chi connectivity index (χ3v) is 5.87. The minimum absolute atomic E-state index is 0.165. The smallest absolute Gasteiger partial charge is 0.137 e.